The molecule has 0 aliphatic heterocycles. The van der Waals surface area contributed by atoms with Gasteiger partial charge in [-0.05, 0) is 74.2 Å². The van der Waals surface area contributed by atoms with E-state index in [1.807, 2.05) is 44.2 Å². The summed E-state index contributed by atoms with van der Waals surface area (Å²) in [5, 5.41) is 6.44. The molecule has 0 spiro atoms. The number of hydrogen-bond donors (Lipinski definition) is 2. The predicted molar refractivity (Wildman–Crippen MR) is 160 cm³/mol. The highest BCUT2D eigenvalue weighted by Crippen LogP contribution is 2.47. The zero-order valence-corrected chi connectivity index (χ0v) is 24.4. The molecular weight excluding hydrogens is 535 g/mol. The van der Waals surface area contributed by atoms with Gasteiger partial charge in [-0.25, -0.2) is 14.2 Å². The second kappa shape index (κ2) is 11.9. The number of fused-ring (bicyclic) bond motifs is 1. The van der Waals surface area contributed by atoms with Crippen molar-refractivity contribution in [3.8, 4) is 11.1 Å². The van der Waals surface area contributed by atoms with E-state index in [0.29, 0.717) is 35.4 Å². The van der Waals surface area contributed by atoms with Crippen LogP contribution in [0.3, 0.4) is 0 Å². The fourth-order valence-electron chi connectivity index (χ4n) is 5.14. The van der Waals surface area contributed by atoms with E-state index in [2.05, 4.69) is 20.6 Å². The van der Waals surface area contributed by atoms with Crippen LogP contribution in [0.25, 0.3) is 21.9 Å². The Hall–Kier alpha value is -4.37. The Morgan fingerprint density at radius 3 is 2.50 bits per heavy atom. The number of pyridine rings is 2. The Balaban J connectivity index is 1.38. The standard InChI is InChI=1S/C33H35FN4O4/c1-19-11-12-35-15-24(19)23-13-22-14-27(36-16-25(22)30(29(23)34)38-32(40)42-33(3,4)5)37-31(39)28-20(2)26(28)18-41-17-21-9-7-6-8-10-21/h6-16,20,26,28H,17-18H2,1-5H3,(H,38,40)(H,36,37,39)/t20?,26-,28-/m0/s1. The Kier molecular flexibility index (Phi) is 8.22. The molecule has 2 aromatic carbocycles. The van der Waals surface area contributed by atoms with Gasteiger partial charge in [0.05, 0.1) is 18.9 Å². The largest absolute Gasteiger partial charge is 0.444 e. The number of halogens is 1. The van der Waals surface area contributed by atoms with Gasteiger partial charge in [0.1, 0.15) is 11.4 Å². The molecule has 2 aromatic heterocycles. The van der Waals surface area contributed by atoms with E-state index in [9.17, 15) is 9.59 Å². The van der Waals surface area contributed by atoms with Crippen molar-refractivity contribution in [3.63, 3.8) is 0 Å². The van der Waals surface area contributed by atoms with Crippen LogP contribution in [0, 0.1) is 30.5 Å². The van der Waals surface area contributed by atoms with E-state index in [1.54, 1.807) is 51.4 Å². The van der Waals surface area contributed by atoms with Gasteiger partial charge in [0.15, 0.2) is 5.82 Å². The number of rotatable bonds is 8. The number of hydrogen-bond acceptors (Lipinski definition) is 6. The Bertz CT molecular complexity index is 1620. The summed E-state index contributed by atoms with van der Waals surface area (Å²) in [5.41, 5.74) is 1.92. The van der Waals surface area contributed by atoms with Gasteiger partial charge in [-0.2, -0.15) is 0 Å². The number of carbonyl (C=O) groups excluding carboxylic acids is 2. The molecule has 9 heteroatoms. The molecular formula is C33H35FN4O4. The van der Waals surface area contributed by atoms with E-state index in [1.165, 1.54) is 6.20 Å². The van der Waals surface area contributed by atoms with Crippen LogP contribution in [-0.2, 0) is 20.9 Å². The first kappa shape index (κ1) is 29.1. The smallest absolute Gasteiger partial charge is 0.412 e. The normalized spacial score (nSPS) is 18.0. The molecule has 2 heterocycles. The molecule has 2 amide bonds. The number of amides is 2. The van der Waals surface area contributed by atoms with Crippen molar-refractivity contribution in [2.75, 3.05) is 17.2 Å². The fourth-order valence-corrected chi connectivity index (χ4v) is 5.14. The molecule has 42 heavy (non-hydrogen) atoms. The minimum absolute atomic E-state index is 0.0585. The number of nitrogens with zero attached hydrogens (tertiary/aromatic N) is 2. The van der Waals surface area contributed by atoms with E-state index >= 15 is 4.39 Å². The average Bonchev–Trinajstić information content (AvgIpc) is 3.59. The lowest BCUT2D eigenvalue weighted by Crippen LogP contribution is -2.27. The minimum atomic E-state index is -0.789. The summed E-state index contributed by atoms with van der Waals surface area (Å²) >= 11 is 0. The van der Waals surface area contributed by atoms with Gasteiger partial charge in [-0.15, -0.1) is 0 Å². The molecule has 0 saturated heterocycles. The number of carbonyl (C=O) groups is 2. The van der Waals surface area contributed by atoms with Crippen LogP contribution in [0.1, 0.15) is 38.8 Å². The Morgan fingerprint density at radius 1 is 1.02 bits per heavy atom. The lowest BCUT2D eigenvalue weighted by Gasteiger charge is -2.21. The summed E-state index contributed by atoms with van der Waals surface area (Å²) in [4.78, 5) is 34.3. The van der Waals surface area contributed by atoms with E-state index in [-0.39, 0.29) is 34.9 Å². The highest BCUT2D eigenvalue weighted by Gasteiger charge is 2.51. The number of nitrogens with one attached hydrogen (secondary N) is 2. The van der Waals surface area contributed by atoms with Gasteiger partial charge in [0.2, 0.25) is 5.91 Å². The van der Waals surface area contributed by atoms with Gasteiger partial charge >= 0.3 is 6.09 Å². The zero-order chi connectivity index (χ0) is 30.0. The maximum absolute atomic E-state index is 16.0. The van der Waals surface area contributed by atoms with Crippen molar-refractivity contribution in [3.05, 3.63) is 84.1 Å². The first-order valence-electron chi connectivity index (χ1n) is 14.0. The lowest BCUT2D eigenvalue weighted by atomic mass is 9.98. The van der Waals surface area contributed by atoms with Crippen molar-refractivity contribution in [1.82, 2.24) is 9.97 Å². The summed E-state index contributed by atoms with van der Waals surface area (Å²) in [7, 11) is 0. The number of benzene rings is 2. The van der Waals surface area contributed by atoms with E-state index in [4.69, 9.17) is 9.47 Å². The predicted octanol–water partition coefficient (Wildman–Crippen LogP) is 7.13. The van der Waals surface area contributed by atoms with Gasteiger partial charge in [0.25, 0.3) is 0 Å². The fraction of sp³-hybridized carbons (Fsp3) is 0.333. The summed E-state index contributed by atoms with van der Waals surface area (Å²) in [6.45, 7) is 10.1. The molecule has 1 unspecified atom stereocenters. The van der Waals surface area contributed by atoms with Crippen molar-refractivity contribution < 1.29 is 23.5 Å². The van der Waals surface area contributed by atoms with E-state index < -0.39 is 17.5 Å². The van der Waals surface area contributed by atoms with Crippen LogP contribution in [0.4, 0.5) is 20.7 Å². The molecule has 1 aliphatic carbocycles. The third kappa shape index (κ3) is 6.57. The average molecular weight is 571 g/mol. The molecule has 0 bridgehead atoms. The zero-order valence-electron chi connectivity index (χ0n) is 24.4. The number of anilines is 2. The Morgan fingerprint density at radius 2 is 1.79 bits per heavy atom. The molecule has 1 aliphatic rings. The molecule has 218 valence electrons. The van der Waals surface area contributed by atoms with Gasteiger partial charge in [0, 0.05) is 41.0 Å². The summed E-state index contributed by atoms with van der Waals surface area (Å²) in [6.07, 6.45) is 3.86. The maximum Gasteiger partial charge on any atom is 0.412 e. The van der Waals surface area contributed by atoms with Gasteiger partial charge in [-0.1, -0.05) is 37.3 Å². The summed E-state index contributed by atoms with van der Waals surface area (Å²) < 4.78 is 27.2. The second-order valence-corrected chi connectivity index (χ2v) is 11.8. The number of aryl methyl sites for hydroxylation is 1. The van der Waals surface area contributed by atoms with Crippen molar-refractivity contribution in [2.45, 2.75) is 46.8 Å². The third-order valence-corrected chi connectivity index (χ3v) is 7.45. The molecule has 8 nitrogen and oxygen atoms in total. The SMILES string of the molecule is Cc1ccncc1-c1cc2cc(NC(=O)[C@H]3C(C)[C@@H]3COCc3ccccc3)ncc2c(NC(=O)OC(C)(C)C)c1F. The first-order chi connectivity index (χ1) is 20.0. The third-order valence-electron chi connectivity index (χ3n) is 7.45. The topological polar surface area (TPSA) is 102 Å². The van der Waals surface area contributed by atoms with Crippen LogP contribution >= 0.6 is 0 Å². The van der Waals surface area contributed by atoms with E-state index in [0.717, 1.165) is 11.1 Å². The number of aromatic nitrogens is 2. The first-order valence-corrected chi connectivity index (χ1v) is 14.0. The van der Waals surface area contributed by atoms with Crippen LogP contribution in [-0.4, -0.2) is 34.2 Å². The van der Waals surface area contributed by atoms with Gasteiger partial charge < -0.3 is 14.8 Å². The second-order valence-electron chi connectivity index (χ2n) is 11.8. The lowest BCUT2D eigenvalue weighted by molar-refractivity contribution is -0.118. The molecule has 1 saturated carbocycles. The van der Waals surface area contributed by atoms with Crippen LogP contribution < -0.4 is 10.6 Å². The summed E-state index contributed by atoms with van der Waals surface area (Å²) in [6, 6.07) is 15.1. The Labute approximate surface area is 244 Å². The van der Waals surface area contributed by atoms with Gasteiger partial charge in [-0.3, -0.25) is 15.1 Å². The summed E-state index contributed by atoms with van der Waals surface area (Å²) in [5.74, 6) is -0.328. The van der Waals surface area contributed by atoms with Crippen LogP contribution in [0.2, 0.25) is 0 Å². The quantitative estimate of drug-likeness (QED) is 0.234. The van der Waals surface area contributed by atoms with Crippen molar-refractivity contribution >= 4 is 34.3 Å². The molecule has 0 radical (unpaired) electrons. The van der Waals surface area contributed by atoms with Crippen molar-refractivity contribution in [1.29, 1.82) is 0 Å². The monoisotopic (exact) mass is 570 g/mol. The molecule has 3 atom stereocenters. The molecule has 2 N–H and O–H groups in total. The maximum atomic E-state index is 16.0. The van der Waals surface area contributed by atoms with Crippen LogP contribution in [0.15, 0.2) is 67.1 Å². The van der Waals surface area contributed by atoms with Crippen molar-refractivity contribution in [2.24, 2.45) is 17.8 Å². The minimum Gasteiger partial charge on any atom is -0.444 e. The highest BCUT2D eigenvalue weighted by atomic mass is 19.1. The molecule has 4 aromatic rings. The molecule has 5 rings (SSSR count). The number of ether oxygens (including phenoxy) is 2. The molecule has 1 fully saturated rings. The van der Waals surface area contributed by atoms with Crippen LogP contribution in [0.5, 0.6) is 0 Å². The highest BCUT2D eigenvalue weighted by molar-refractivity contribution is 6.04.